The second kappa shape index (κ2) is 5.30. The molecule has 2 heterocycles. The number of nitrogens with one attached hydrogen (secondary N) is 1. The summed E-state index contributed by atoms with van der Waals surface area (Å²) in [6, 6.07) is 2.56. The number of anilines is 1. The van der Waals surface area contributed by atoms with Crippen molar-refractivity contribution in [1.82, 2.24) is 15.5 Å². The van der Waals surface area contributed by atoms with Gasteiger partial charge in [-0.25, -0.2) is 0 Å². The van der Waals surface area contributed by atoms with Crippen molar-refractivity contribution in [3.05, 3.63) is 17.8 Å². The Morgan fingerprint density at radius 3 is 3.16 bits per heavy atom. The summed E-state index contributed by atoms with van der Waals surface area (Å²) in [6.07, 6.45) is 1.02. The highest BCUT2D eigenvalue weighted by Crippen LogP contribution is 2.21. The number of nitrogens with zero attached hydrogens (tertiary/aromatic N) is 4. The molecule has 1 aliphatic heterocycles. The number of hydrogen-bond acceptors (Lipinski definition) is 6. The van der Waals surface area contributed by atoms with E-state index in [1.54, 1.807) is 0 Å². The van der Waals surface area contributed by atoms with Crippen LogP contribution in [0.25, 0.3) is 0 Å². The molecule has 1 amide bonds. The molecule has 8 nitrogen and oxygen atoms in total. The van der Waals surface area contributed by atoms with Gasteiger partial charge >= 0.3 is 5.97 Å². The smallest absolute Gasteiger partial charge is 0.305 e. The summed E-state index contributed by atoms with van der Waals surface area (Å²) in [5.41, 5.74) is 0.264. The molecule has 0 bridgehead atoms. The largest absolute Gasteiger partial charge is 0.481 e. The van der Waals surface area contributed by atoms with Crippen molar-refractivity contribution in [3.8, 4) is 6.07 Å². The molecule has 1 aromatic heterocycles. The fourth-order valence-corrected chi connectivity index (χ4v) is 1.96. The fourth-order valence-electron chi connectivity index (χ4n) is 1.96. The molecular formula is C11H11N5O3. The van der Waals surface area contributed by atoms with E-state index in [1.807, 2.05) is 6.07 Å². The lowest BCUT2D eigenvalue weighted by Crippen LogP contribution is -2.56. The van der Waals surface area contributed by atoms with Crippen molar-refractivity contribution in [1.29, 1.82) is 5.26 Å². The number of rotatable bonds is 3. The lowest BCUT2D eigenvalue weighted by molar-refractivity contribution is -0.139. The fraction of sp³-hybridized carbons (Fsp3) is 0.364. The van der Waals surface area contributed by atoms with E-state index in [9.17, 15) is 9.59 Å². The van der Waals surface area contributed by atoms with Crippen LogP contribution in [-0.4, -0.2) is 46.3 Å². The third-order valence-corrected chi connectivity index (χ3v) is 2.79. The van der Waals surface area contributed by atoms with Crippen molar-refractivity contribution in [2.45, 2.75) is 12.5 Å². The Bertz CT molecular complexity index is 554. The van der Waals surface area contributed by atoms with Gasteiger partial charge in [0.05, 0.1) is 18.2 Å². The van der Waals surface area contributed by atoms with E-state index < -0.39 is 12.0 Å². The molecule has 98 valence electrons. The molecule has 1 aromatic rings. The number of piperazine rings is 1. The Morgan fingerprint density at radius 2 is 2.47 bits per heavy atom. The van der Waals surface area contributed by atoms with Gasteiger partial charge in [0.2, 0.25) is 5.91 Å². The Hall–Kier alpha value is -2.69. The standard InChI is InChI=1S/C11H11N5O3/c12-6-7-1-2-14-15-10(7)16-4-3-13-11(19)8(16)5-9(17)18/h1-2,8H,3-5H2,(H,13,19)(H,17,18). The van der Waals surface area contributed by atoms with Gasteiger partial charge in [0.1, 0.15) is 12.1 Å². The van der Waals surface area contributed by atoms with Crippen LogP contribution in [0.4, 0.5) is 5.82 Å². The van der Waals surface area contributed by atoms with Crippen LogP contribution in [0.1, 0.15) is 12.0 Å². The van der Waals surface area contributed by atoms with Crippen LogP contribution < -0.4 is 10.2 Å². The molecule has 1 fully saturated rings. The van der Waals surface area contributed by atoms with Gasteiger partial charge in [-0.2, -0.15) is 10.4 Å². The van der Waals surface area contributed by atoms with Gasteiger partial charge < -0.3 is 15.3 Å². The summed E-state index contributed by atoms with van der Waals surface area (Å²) >= 11 is 0. The third kappa shape index (κ3) is 2.60. The molecule has 2 rings (SSSR count). The Morgan fingerprint density at radius 1 is 1.68 bits per heavy atom. The first-order valence-corrected chi connectivity index (χ1v) is 5.61. The van der Waals surface area contributed by atoms with E-state index in [1.165, 1.54) is 17.2 Å². The molecule has 19 heavy (non-hydrogen) atoms. The van der Waals surface area contributed by atoms with Crippen LogP contribution >= 0.6 is 0 Å². The number of carboxylic acids is 1. The molecule has 1 unspecified atom stereocenters. The Balaban J connectivity index is 2.37. The number of amides is 1. The van der Waals surface area contributed by atoms with E-state index in [0.29, 0.717) is 13.1 Å². The summed E-state index contributed by atoms with van der Waals surface area (Å²) in [4.78, 5) is 24.1. The number of nitriles is 1. The topological polar surface area (TPSA) is 119 Å². The average Bonchev–Trinajstić information content (AvgIpc) is 2.40. The first-order valence-electron chi connectivity index (χ1n) is 5.61. The van der Waals surface area contributed by atoms with Gasteiger partial charge in [0.15, 0.2) is 5.82 Å². The zero-order valence-electron chi connectivity index (χ0n) is 9.91. The zero-order valence-corrected chi connectivity index (χ0v) is 9.91. The molecule has 1 saturated heterocycles. The van der Waals surface area contributed by atoms with E-state index in [-0.39, 0.29) is 23.7 Å². The quantitative estimate of drug-likeness (QED) is 0.725. The predicted octanol–water partition coefficient (Wildman–Crippen LogP) is -0.872. The number of aliphatic carboxylic acids is 1. The number of aromatic nitrogens is 2. The maximum absolute atomic E-state index is 11.8. The molecule has 1 atom stereocenters. The highest BCUT2D eigenvalue weighted by Gasteiger charge is 2.33. The number of hydrogen-bond donors (Lipinski definition) is 2. The van der Waals surface area contributed by atoms with Crippen molar-refractivity contribution in [3.63, 3.8) is 0 Å². The highest BCUT2D eigenvalue weighted by atomic mass is 16.4. The number of carbonyl (C=O) groups is 2. The van der Waals surface area contributed by atoms with E-state index in [2.05, 4.69) is 15.5 Å². The maximum atomic E-state index is 11.8. The SMILES string of the molecule is N#Cc1ccnnc1N1CCNC(=O)C1CC(=O)O. The van der Waals surface area contributed by atoms with Crippen LogP contribution in [0, 0.1) is 11.3 Å². The third-order valence-electron chi connectivity index (χ3n) is 2.79. The van der Waals surface area contributed by atoms with Gasteiger partial charge in [-0.3, -0.25) is 9.59 Å². The highest BCUT2D eigenvalue weighted by molar-refractivity contribution is 5.90. The lowest BCUT2D eigenvalue weighted by Gasteiger charge is -2.35. The Labute approximate surface area is 108 Å². The van der Waals surface area contributed by atoms with Gasteiger partial charge in [0, 0.05) is 13.1 Å². The molecule has 8 heteroatoms. The molecule has 0 saturated carbocycles. The first kappa shape index (κ1) is 12.8. The summed E-state index contributed by atoms with van der Waals surface area (Å²) in [5.74, 6) is -1.23. The summed E-state index contributed by atoms with van der Waals surface area (Å²) in [6.45, 7) is 0.757. The van der Waals surface area contributed by atoms with E-state index in [0.717, 1.165) is 0 Å². The first-order chi connectivity index (χ1) is 9.13. The molecule has 2 N–H and O–H groups in total. The van der Waals surface area contributed by atoms with Crippen molar-refractivity contribution < 1.29 is 14.7 Å². The summed E-state index contributed by atoms with van der Waals surface area (Å²) < 4.78 is 0. The Kier molecular flexibility index (Phi) is 3.56. The molecule has 0 aromatic carbocycles. The second-order valence-corrected chi connectivity index (χ2v) is 3.98. The van der Waals surface area contributed by atoms with Crippen LogP contribution in [0.2, 0.25) is 0 Å². The molecule has 1 aliphatic rings. The maximum Gasteiger partial charge on any atom is 0.305 e. The molecule has 0 radical (unpaired) electrons. The van der Waals surface area contributed by atoms with Gasteiger partial charge in [-0.05, 0) is 6.07 Å². The van der Waals surface area contributed by atoms with Crippen molar-refractivity contribution >= 4 is 17.7 Å². The predicted molar refractivity (Wildman–Crippen MR) is 63.1 cm³/mol. The minimum absolute atomic E-state index is 0.242. The summed E-state index contributed by atoms with van der Waals surface area (Å²) in [7, 11) is 0. The average molecular weight is 261 g/mol. The van der Waals surface area contributed by atoms with Gasteiger partial charge in [0.25, 0.3) is 0 Å². The normalized spacial score (nSPS) is 18.6. The van der Waals surface area contributed by atoms with Crippen LogP contribution in [0.3, 0.4) is 0 Å². The van der Waals surface area contributed by atoms with Crippen molar-refractivity contribution in [2.75, 3.05) is 18.0 Å². The minimum Gasteiger partial charge on any atom is -0.481 e. The van der Waals surface area contributed by atoms with Gasteiger partial charge in [-0.15, -0.1) is 5.10 Å². The number of carboxylic acid groups (broad SMARTS) is 1. The molecule has 0 spiro atoms. The van der Waals surface area contributed by atoms with Crippen LogP contribution in [0.5, 0.6) is 0 Å². The molecule has 0 aliphatic carbocycles. The van der Waals surface area contributed by atoms with E-state index in [4.69, 9.17) is 10.4 Å². The van der Waals surface area contributed by atoms with Crippen molar-refractivity contribution in [2.24, 2.45) is 0 Å². The summed E-state index contributed by atoms with van der Waals surface area (Å²) in [5, 5.41) is 28.0. The minimum atomic E-state index is -1.09. The number of carbonyl (C=O) groups excluding carboxylic acids is 1. The molecular weight excluding hydrogens is 250 g/mol. The van der Waals surface area contributed by atoms with Crippen LogP contribution in [0.15, 0.2) is 12.3 Å². The van der Waals surface area contributed by atoms with Gasteiger partial charge in [-0.1, -0.05) is 0 Å². The van der Waals surface area contributed by atoms with E-state index >= 15 is 0 Å². The van der Waals surface area contributed by atoms with Crippen LogP contribution in [-0.2, 0) is 9.59 Å². The second-order valence-electron chi connectivity index (χ2n) is 3.98. The zero-order chi connectivity index (χ0) is 13.8. The lowest BCUT2D eigenvalue weighted by atomic mass is 10.1. The monoisotopic (exact) mass is 261 g/mol.